The molecule has 1 N–H and O–H groups in total. The molecule has 0 bridgehead atoms. The van der Waals surface area contributed by atoms with Crippen LogP contribution in [0.2, 0.25) is 0 Å². The van der Waals surface area contributed by atoms with Crippen molar-refractivity contribution in [2.45, 2.75) is 32.1 Å². The molecule has 1 unspecified atom stereocenters. The van der Waals surface area contributed by atoms with Gasteiger partial charge in [0.15, 0.2) is 0 Å². The largest absolute Gasteiger partial charge is 0.460 e. The molecule has 0 aliphatic heterocycles. The maximum atomic E-state index is 12.1. The highest BCUT2D eigenvalue weighted by molar-refractivity contribution is 5.77. The third kappa shape index (κ3) is 3.50. The van der Waals surface area contributed by atoms with Gasteiger partial charge in [0.25, 0.3) is 0 Å². The van der Waals surface area contributed by atoms with E-state index in [4.69, 9.17) is 4.42 Å². The van der Waals surface area contributed by atoms with Crippen molar-refractivity contribution in [3.8, 4) is 0 Å². The van der Waals surface area contributed by atoms with E-state index < -0.39 is 18.6 Å². The number of fused-ring (bicyclic) bond motifs is 1. The lowest BCUT2D eigenvalue weighted by Crippen LogP contribution is -2.30. The monoisotopic (exact) mass is 257 g/mol. The fourth-order valence-corrected chi connectivity index (χ4v) is 1.82. The molecule has 2 nitrogen and oxygen atoms in total. The zero-order chi connectivity index (χ0) is 13.2. The SMILES string of the molecule is CC(CC(F)(F)F)NCc1cc2ccccc2o1. The molecule has 1 heterocycles. The van der Waals surface area contributed by atoms with Crippen LogP contribution in [0.4, 0.5) is 13.2 Å². The van der Waals surface area contributed by atoms with Gasteiger partial charge in [-0.3, -0.25) is 0 Å². The first-order valence-electron chi connectivity index (χ1n) is 5.71. The molecule has 0 amide bonds. The van der Waals surface area contributed by atoms with Crippen molar-refractivity contribution in [3.63, 3.8) is 0 Å². The van der Waals surface area contributed by atoms with Gasteiger partial charge in [-0.05, 0) is 19.1 Å². The first-order chi connectivity index (χ1) is 8.44. The molecule has 0 aliphatic rings. The Kier molecular flexibility index (Phi) is 3.61. The summed E-state index contributed by atoms with van der Waals surface area (Å²) in [5, 5.41) is 3.76. The molecule has 0 radical (unpaired) electrons. The number of halogens is 3. The summed E-state index contributed by atoms with van der Waals surface area (Å²) >= 11 is 0. The maximum absolute atomic E-state index is 12.1. The third-order valence-electron chi connectivity index (χ3n) is 2.64. The summed E-state index contributed by atoms with van der Waals surface area (Å²) in [6.45, 7) is 1.81. The van der Waals surface area contributed by atoms with Gasteiger partial charge in [0.05, 0.1) is 13.0 Å². The molecule has 1 aromatic carbocycles. The summed E-state index contributed by atoms with van der Waals surface area (Å²) in [6.07, 6.45) is -4.98. The second-order valence-corrected chi connectivity index (χ2v) is 4.35. The molecule has 0 saturated carbocycles. The normalized spacial score (nSPS) is 14.0. The highest BCUT2D eigenvalue weighted by Crippen LogP contribution is 2.22. The van der Waals surface area contributed by atoms with Crippen molar-refractivity contribution >= 4 is 11.0 Å². The predicted molar refractivity (Wildman–Crippen MR) is 63.2 cm³/mol. The number of furan rings is 1. The van der Waals surface area contributed by atoms with E-state index >= 15 is 0 Å². The van der Waals surface area contributed by atoms with Crippen molar-refractivity contribution in [1.29, 1.82) is 0 Å². The average Bonchev–Trinajstić information content (AvgIpc) is 2.66. The Morgan fingerprint density at radius 2 is 2.00 bits per heavy atom. The smallest absolute Gasteiger partial charge is 0.390 e. The molecular weight excluding hydrogens is 243 g/mol. The van der Waals surface area contributed by atoms with Crippen LogP contribution >= 0.6 is 0 Å². The van der Waals surface area contributed by atoms with Crippen LogP contribution in [0, 0.1) is 0 Å². The van der Waals surface area contributed by atoms with Crippen LogP contribution in [0.25, 0.3) is 11.0 Å². The third-order valence-corrected chi connectivity index (χ3v) is 2.64. The Morgan fingerprint density at radius 3 is 2.67 bits per heavy atom. The summed E-state index contributed by atoms with van der Waals surface area (Å²) < 4.78 is 41.9. The average molecular weight is 257 g/mol. The summed E-state index contributed by atoms with van der Waals surface area (Å²) in [6, 6.07) is 8.69. The first-order valence-corrected chi connectivity index (χ1v) is 5.71. The van der Waals surface area contributed by atoms with E-state index in [1.54, 1.807) is 0 Å². The minimum atomic E-state index is -4.14. The molecule has 2 aromatic rings. The van der Waals surface area contributed by atoms with E-state index in [1.807, 2.05) is 30.3 Å². The van der Waals surface area contributed by atoms with Crippen molar-refractivity contribution in [2.75, 3.05) is 0 Å². The number of benzene rings is 1. The Balaban J connectivity index is 1.94. The summed E-state index contributed by atoms with van der Waals surface area (Å²) in [5.74, 6) is 0.644. The van der Waals surface area contributed by atoms with E-state index in [2.05, 4.69) is 5.32 Å². The van der Waals surface area contributed by atoms with Gasteiger partial charge in [-0.15, -0.1) is 0 Å². The number of hydrogen-bond donors (Lipinski definition) is 1. The van der Waals surface area contributed by atoms with Crippen LogP contribution in [-0.2, 0) is 6.54 Å². The van der Waals surface area contributed by atoms with Crippen LogP contribution in [0.5, 0.6) is 0 Å². The first kappa shape index (κ1) is 13.0. The molecule has 0 saturated heterocycles. The molecule has 1 aromatic heterocycles. The molecule has 2 rings (SSSR count). The minimum absolute atomic E-state index is 0.298. The number of para-hydroxylation sites is 1. The van der Waals surface area contributed by atoms with E-state index in [-0.39, 0.29) is 0 Å². The summed E-state index contributed by atoms with van der Waals surface area (Å²) in [4.78, 5) is 0. The molecule has 0 aliphatic carbocycles. The Bertz CT molecular complexity index is 485. The van der Waals surface area contributed by atoms with Gasteiger partial charge < -0.3 is 9.73 Å². The zero-order valence-electron chi connectivity index (χ0n) is 9.92. The second-order valence-electron chi connectivity index (χ2n) is 4.35. The Labute approximate surface area is 103 Å². The molecule has 5 heteroatoms. The van der Waals surface area contributed by atoms with Gasteiger partial charge in [-0.25, -0.2) is 0 Å². The molecule has 18 heavy (non-hydrogen) atoms. The van der Waals surface area contributed by atoms with Gasteiger partial charge in [0, 0.05) is 11.4 Å². The number of hydrogen-bond acceptors (Lipinski definition) is 2. The van der Waals surface area contributed by atoms with Crippen LogP contribution in [0.3, 0.4) is 0 Å². The lowest BCUT2D eigenvalue weighted by molar-refractivity contribution is -0.139. The highest BCUT2D eigenvalue weighted by Gasteiger charge is 2.29. The van der Waals surface area contributed by atoms with Crippen molar-refractivity contribution in [2.24, 2.45) is 0 Å². The van der Waals surface area contributed by atoms with E-state index in [1.165, 1.54) is 6.92 Å². The fraction of sp³-hybridized carbons (Fsp3) is 0.385. The molecule has 1 atom stereocenters. The fourth-order valence-electron chi connectivity index (χ4n) is 1.82. The van der Waals surface area contributed by atoms with Gasteiger partial charge in [0.1, 0.15) is 11.3 Å². The van der Waals surface area contributed by atoms with Crippen LogP contribution in [0.15, 0.2) is 34.7 Å². The van der Waals surface area contributed by atoms with Crippen LogP contribution in [0.1, 0.15) is 19.1 Å². The van der Waals surface area contributed by atoms with Crippen LogP contribution < -0.4 is 5.32 Å². The van der Waals surface area contributed by atoms with E-state index in [9.17, 15) is 13.2 Å². The zero-order valence-corrected chi connectivity index (χ0v) is 9.92. The summed E-state index contributed by atoms with van der Waals surface area (Å²) in [5.41, 5.74) is 0.748. The van der Waals surface area contributed by atoms with Crippen LogP contribution in [-0.4, -0.2) is 12.2 Å². The van der Waals surface area contributed by atoms with Gasteiger partial charge in [-0.1, -0.05) is 18.2 Å². The van der Waals surface area contributed by atoms with E-state index in [0.29, 0.717) is 12.3 Å². The summed E-state index contributed by atoms with van der Waals surface area (Å²) in [7, 11) is 0. The Morgan fingerprint density at radius 1 is 1.28 bits per heavy atom. The van der Waals surface area contributed by atoms with Crippen molar-refractivity contribution in [3.05, 3.63) is 36.1 Å². The number of nitrogens with one attached hydrogen (secondary N) is 1. The van der Waals surface area contributed by atoms with Gasteiger partial charge in [-0.2, -0.15) is 13.2 Å². The van der Waals surface area contributed by atoms with E-state index in [0.717, 1.165) is 11.0 Å². The second kappa shape index (κ2) is 5.02. The predicted octanol–water partition coefficient (Wildman–Crippen LogP) is 3.86. The lowest BCUT2D eigenvalue weighted by atomic mass is 10.2. The van der Waals surface area contributed by atoms with Gasteiger partial charge in [0.2, 0.25) is 0 Å². The van der Waals surface area contributed by atoms with Gasteiger partial charge >= 0.3 is 6.18 Å². The standard InChI is InChI=1S/C13H14F3NO/c1-9(7-13(14,15)16)17-8-11-6-10-4-2-3-5-12(10)18-11/h2-6,9,17H,7-8H2,1H3. The van der Waals surface area contributed by atoms with Crippen molar-refractivity contribution < 1.29 is 17.6 Å². The maximum Gasteiger partial charge on any atom is 0.390 e. The topological polar surface area (TPSA) is 25.2 Å². The minimum Gasteiger partial charge on any atom is -0.460 e. The number of rotatable bonds is 4. The lowest BCUT2D eigenvalue weighted by Gasteiger charge is -2.14. The molecule has 0 spiro atoms. The highest BCUT2D eigenvalue weighted by atomic mass is 19.4. The molecule has 0 fully saturated rings. The Hall–Kier alpha value is -1.49. The van der Waals surface area contributed by atoms with Crippen molar-refractivity contribution in [1.82, 2.24) is 5.32 Å². The molecular formula is C13H14F3NO. The quantitative estimate of drug-likeness (QED) is 0.899. The number of alkyl halides is 3. The molecule has 98 valence electrons.